The molecule has 0 saturated carbocycles. The summed E-state index contributed by atoms with van der Waals surface area (Å²) in [4.78, 5) is 12.1. The van der Waals surface area contributed by atoms with E-state index in [0.29, 0.717) is 36.4 Å². The van der Waals surface area contributed by atoms with Gasteiger partial charge in [-0.2, -0.15) is 0 Å². The summed E-state index contributed by atoms with van der Waals surface area (Å²) in [7, 11) is 0. The fraction of sp³-hybridized carbons (Fsp3) is 0.381. The first-order chi connectivity index (χ1) is 12.4. The Kier molecular flexibility index (Phi) is 7.33. The van der Waals surface area contributed by atoms with E-state index < -0.39 is 0 Å². The van der Waals surface area contributed by atoms with Gasteiger partial charge in [0.2, 0.25) is 0 Å². The molecular weight excluding hydrogens is 328 g/mol. The Hall–Kier alpha value is -2.69. The first kappa shape index (κ1) is 19.6. The Bertz CT molecular complexity index is 620. The highest BCUT2D eigenvalue weighted by molar-refractivity contribution is 5.99. The molecule has 2 aromatic carbocycles. The van der Waals surface area contributed by atoms with E-state index in [9.17, 15) is 4.79 Å². The van der Waals surface area contributed by atoms with Gasteiger partial charge in [-0.15, -0.1) is 0 Å². The average molecular weight is 356 g/mol. The minimum atomic E-state index is -0.295. The highest BCUT2D eigenvalue weighted by Crippen LogP contribution is 2.18. The minimum Gasteiger partial charge on any atom is -0.493 e. The molecule has 26 heavy (non-hydrogen) atoms. The molecule has 0 aromatic heterocycles. The molecule has 0 atom stereocenters. The quantitative estimate of drug-likeness (QED) is 0.666. The van der Waals surface area contributed by atoms with Gasteiger partial charge >= 0.3 is 6.03 Å². The lowest BCUT2D eigenvalue weighted by atomic mass is 10.2. The van der Waals surface area contributed by atoms with Crippen LogP contribution in [-0.4, -0.2) is 19.2 Å². The second-order valence-corrected chi connectivity index (χ2v) is 7.04. The molecule has 5 heteroatoms. The Morgan fingerprint density at radius 1 is 0.731 bits per heavy atom. The summed E-state index contributed by atoms with van der Waals surface area (Å²) in [6, 6.07) is 14.4. The number of anilines is 2. The molecule has 0 saturated heterocycles. The summed E-state index contributed by atoms with van der Waals surface area (Å²) in [6.45, 7) is 9.74. The van der Waals surface area contributed by atoms with Crippen LogP contribution >= 0.6 is 0 Å². The van der Waals surface area contributed by atoms with E-state index in [1.165, 1.54) is 0 Å². The van der Waals surface area contributed by atoms with E-state index in [2.05, 4.69) is 38.3 Å². The van der Waals surface area contributed by atoms with Gasteiger partial charge in [-0.1, -0.05) is 27.7 Å². The maximum atomic E-state index is 12.1. The van der Waals surface area contributed by atoms with Gasteiger partial charge in [0, 0.05) is 11.4 Å². The first-order valence-electron chi connectivity index (χ1n) is 8.96. The lowest BCUT2D eigenvalue weighted by Gasteiger charge is -2.11. The summed E-state index contributed by atoms with van der Waals surface area (Å²) in [5.74, 6) is 2.53. The van der Waals surface area contributed by atoms with Crippen molar-refractivity contribution in [1.82, 2.24) is 0 Å². The number of carbonyl (C=O) groups excluding carboxylic acids is 1. The van der Waals surface area contributed by atoms with Crippen LogP contribution in [0.4, 0.5) is 16.2 Å². The maximum absolute atomic E-state index is 12.1. The fourth-order valence-electron chi connectivity index (χ4n) is 2.09. The molecule has 0 heterocycles. The monoisotopic (exact) mass is 356 g/mol. The molecule has 5 nitrogen and oxygen atoms in total. The van der Waals surface area contributed by atoms with Crippen molar-refractivity contribution in [2.45, 2.75) is 27.7 Å². The van der Waals surface area contributed by atoms with Crippen LogP contribution in [0.25, 0.3) is 0 Å². The molecular formula is C21H28N2O3. The standard InChI is InChI=1S/C21H28N2O3/c1-15(2)13-25-19-9-5-17(6-10-19)22-21(24)23-18-7-11-20(12-8-18)26-14-16(3)4/h5-12,15-16H,13-14H2,1-4H3,(H2,22,23,24). The molecule has 2 rings (SSSR count). The zero-order valence-electron chi connectivity index (χ0n) is 15.9. The molecule has 2 aromatic rings. The van der Waals surface area contributed by atoms with Crippen molar-refractivity contribution in [1.29, 1.82) is 0 Å². The van der Waals surface area contributed by atoms with Crippen molar-refractivity contribution in [3.05, 3.63) is 48.5 Å². The Morgan fingerprint density at radius 2 is 1.08 bits per heavy atom. The van der Waals surface area contributed by atoms with Gasteiger partial charge in [0.05, 0.1) is 13.2 Å². The minimum absolute atomic E-state index is 0.295. The third-order valence-electron chi connectivity index (χ3n) is 3.39. The largest absolute Gasteiger partial charge is 0.493 e. The van der Waals surface area contributed by atoms with Crippen molar-refractivity contribution in [2.75, 3.05) is 23.8 Å². The molecule has 0 aliphatic heterocycles. The topological polar surface area (TPSA) is 59.6 Å². The Labute approximate surface area is 155 Å². The van der Waals surface area contributed by atoms with E-state index in [0.717, 1.165) is 11.5 Å². The third kappa shape index (κ3) is 7.05. The third-order valence-corrected chi connectivity index (χ3v) is 3.39. The second kappa shape index (κ2) is 9.70. The molecule has 0 radical (unpaired) electrons. The molecule has 2 N–H and O–H groups in total. The smallest absolute Gasteiger partial charge is 0.323 e. The Balaban J connectivity index is 1.82. The number of hydrogen-bond acceptors (Lipinski definition) is 3. The zero-order valence-corrected chi connectivity index (χ0v) is 15.9. The summed E-state index contributed by atoms with van der Waals surface area (Å²) < 4.78 is 11.3. The highest BCUT2D eigenvalue weighted by Gasteiger charge is 2.04. The van der Waals surface area contributed by atoms with Crippen molar-refractivity contribution in [3.63, 3.8) is 0 Å². The van der Waals surface area contributed by atoms with Crippen molar-refractivity contribution < 1.29 is 14.3 Å². The number of nitrogens with one attached hydrogen (secondary N) is 2. The predicted octanol–water partition coefficient (Wildman–Crippen LogP) is 5.40. The average Bonchev–Trinajstić information content (AvgIpc) is 2.60. The molecule has 0 aliphatic rings. The number of carbonyl (C=O) groups is 1. The highest BCUT2D eigenvalue weighted by atomic mass is 16.5. The summed E-state index contributed by atoms with van der Waals surface area (Å²) in [5, 5.41) is 5.60. The number of urea groups is 1. The number of hydrogen-bond donors (Lipinski definition) is 2. The number of ether oxygens (including phenoxy) is 2. The van der Waals surface area contributed by atoms with E-state index in [4.69, 9.17) is 9.47 Å². The molecule has 0 unspecified atom stereocenters. The van der Waals surface area contributed by atoms with Gasteiger partial charge in [-0.05, 0) is 60.4 Å². The van der Waals surface area contributed by atoms with Crippen molar-refractivity contribution in [2.24, 2.45) is 11.8 Å². The van der Waals surface area contributed by atoms with Crippen LogP contribution in [0.2, 0.25) is 0 Å². The van der Waals surface area contributed by atoms with E-state index >= 15 is 0 Å². The summed E-state index contributed by atoms with van der Waals surface area (Å²) >= 11 is 0. The summed E-state index contributed by atoms with van der Waals surface area (Å²) in [6.07, 6.45) is 0. The van der Waals surface area contributed by atoms with E-state index in [-0.39, 0.29) is 6.03 Å². The molecule has 2 amide bonds. The molecule has 0 bridgehead atoms. The maximum Gasteiger partial charge on any atom is 0.323 e. The van der Waals surface area contributed by atoms with E-state index in [1.54, 1.807) is 0 Å². The SMILES string of the molecule is CC(C)COc1ccc(NC(=O)Nc2ccc(OCC(C)C)cc2)cc1. The lowest BCUT2D eigenvalue weighted by molar-refractivity contribution is 0.262. The molecule has 0 aliphatic carbocycles. The van der Waals surface area contributed by atoms with E-state index in [1.807, 2.05) is 48.5 Å². The Morgan fingerprint density at radius 3 is 1.38 bits per heavy atom. The van der Waals surface area contributed by atoms with Gasteiger partial charge < -0.3 is 20.1 Å². The number of rotatable bonds is 8. The first-order valence-corrected chi connectivity index (χ1v) is 8.96. The van der Waals surface area contributed by atoms with Crippen molar-refractivity contribution >= 4 is 17.4 Å². The lowest BCUT2D eigenvalue weighted by Crippen LogP contribution is -2.19. The summed E-state index contributed by atoms with van der Waals surface area (Å²) in [5.41, 5.74) is 1.41. The normalized spacial score (nSPS) is 10.7. The second-order valence-electron chi connectivity index (χ2n) is 7.04. The fourth-order valence-corrected chi connectivity index (χ4v) is 2.09. The van der Waals surface area contributed by atoms with Crippen LogP contribution in [0.5, 0.6) is 11.5 Å². The molecule has 0 spiro atoms. The molecule has 140 valence electrons. The van der Waals surface area contributed by atoms with Gasteiger partial charge in [0.15, 0.2) is 0 Å². The van der Waals surface area contributed by atoms with Crippen LogP contribution in [0.3, 0.4) is 0 Å². The van der Waals surface area contributed by atoms with Crippen LogP contribution < -0.4 is 20.1 Å². The van der Waals surface area contributed by atoms with Gasteiger partial charge in [-0.25, -0.2) is 4.79 Å². The van der Waals surface area contributed by atoms with Gasteiger partial charge in [0.1, 0.15) is 11.5 Å². The zero-order chi connectivity index (χ0) is 18.9. The van der Waals surface area contributed by atoms with Gasteiger partial charge in [0.25, 0.3) is 0 Å². The van der Waals surface area contributed by atoms with Crippen LogP contribution in [-0.2, 0) is 0 Å². The van der Waals surface area contributed by atoms with Crippen LogP contribution in [0, 0.1) is 11.8 Å². The molecule has 0 fully saturated rings. The van der Waals surface area contributed by atoms with Crippen molar-refractivity contribution in [3.8, 4) is 11.5 Å². The number of benzene rings is 2. The van der Waals surface area contributed by atoms with Gasteiger partial charge in [-0.3, -0.25) is 0 Å². The number of amides is 2. The van der Waals surface area contributed by atoms with Crippen LogP contribution in [0.15, 0.2) is 48.5 Å². The van der Waals surface area contributed by atoms with Crippen LogP contribution in [0.1, 0.15) is 27.7 Å². The predicted molar refractivity (Wildman–Crippen MR) is 106 cm³/mol.